The molecule has 1 aromatic heterocycles. The number of ether oxygens (including phenoxy) is 4. The molecule has 0 saturated heterocycles. The minimum absolute atomic E-state index is 0.0153. The molecule has 0 saturated carbocycles. The van der Waals surface area contributed by atoms with Gasteiger partial charge in [0.25, 0.3) is 0 Å². The molecule has 0 unspecified atom stereocenters. The molecule has 0 aliphatic heterocycles. The molecule has 3 aromatic rings. The molecule has 0 spiro atoms. The fourth-order valence-corrected chi connectivity index (χ4v) is 4.86. The van der Waals surface area contributed by atoms with Crippen molar-refractivity contribution in [3.63, 3.8) is 0 Å². The van der Waals surface area contributed by atoms with Gasteiger partial charge in [0.05, 0.1) is 5.56 Å². The molecule has 15 nitrogen and oxygen atoms in total. The number of esters is 3. The molecule has 0 aliphatic rings. The lowest BCUT2D eigenvalue weighted by molar-refractivity contribution is -0.156. The second-order valence-electron chi connectivity index (χ2n) is 15.3. The maximum atomic E-state index is 13.6. The molecule has 0 bridgehead atoms. The molecule has 15 heteroatoms. The number of carbonyl (C=O) groups is 5. The molecule has 0 radical (unpaired) electrons. The molecule has 2 amide bonds. The molecule has 3 rings (SSSR count). The van der Waals surface area contributed by atoms with Crippen molar-refractivity contribution in [1.82, 2.24) is 10.6 Å². The van der Waals surface area contributed by atoms with Crippen LogP contribution in [0.15, 0.2) is 51.9 Å². The van der Waals surface area contributed by atoms with Crippen molar-refractivity contribution < 1.29 is 57.6 Å². The van der Waals surface area contributed by atoms with Crippen molar-refractivity contribution in [2.75, 3.05) is 0 Å². The van der Waals surface area contributed by atoms with E-state index in [1.165, 1.54) is 30.3 Å². The Kier molecular flexibility index (Phi) is 13.3. The van der Waals surface area contributed by atoms with E-state index in [9.17, 15) is 39.0 Å². The lowest BCUT2D eigenvalue weighted by atomic mass is 10.0. The number of fused-ring (bicyclic) bond motifs is 1. The van der Waals surface area contributed by atoms with E-state index in [4.69, 9.17) is 23.4 Å². The van der Waals surface area contributed by atoms with Crippen LogP contribution in [-0.4, -0.2) is 69.0 Å². The van der Waals surface area contributed by atoms with Crippen molar-refractivity contribution in [2.24, 2.45) is 0 Å². The summed E-state index contributed by atoms with van der Waals surface area (Å²) >= 11 is 0. The first kappa shape index (κ1) is 41.8. The summed E-state index contributed by atoms with van der Waals surface area (Å²) in [5, 5.41) is 24.8. The smallest absolute Gasteiger partial charge is 0.408 e. The predicted molar refractivity (Wildman–Crippen MR) is 192 cm³/mol. The Bertz CT molecular complexity index is 1880. The number of phenols is 2. The van der Waals surface area contributed by atoms with E-state index >= 15 is 0 Å². The maximum absolute atomic E-state index is 13.6. The highest BCUT2D eigenvalue weighted by molar-refractivity contribution is 5.91. The van der Waals surface area contributed by atoms with Crippen LogP contribution in [0.4, 0.5) is 4.79 Å². The Hall–Kier alpha value is -5.60. The first-order valence-corrected chi connectivity index (χ1v) is 16.9. The van der Waals surface area contributed by atoms with Crippen LogP contribution in [0.3, 0.4) is 0 Å². The molecule has 1 heterocycles. The van der Waals surface area contributed by atoms with E-state index in [0.29, 0.717) is 5.56 Å². The largest absolute Gasteiger partial charge is 0.508 e. The molecule has 0 fully saturated rings. The van der Waals surface area contributed by atoms with Crippen molar-refractivity contribution >= 4 is 40.9 Å². The monoisotopic (exact) mass is 740 g/mol. The predicted octanol–water partition coefficient (Wildman–Crippen LogP) is 5.40. The third kappa shape index (κ3) is 13.5. The second-order valence-corrected chi connectivity index (χ2v) is 15.3. The normalized spacial score (nSPS) is 13.0. The van der Waals surface area contributed by atoms with E-state index in [1.807, 2.05) is 0 Å². The number of hydrogen-bond acceptors (Lipinski definition) is 13. The van der Waals surface area contributed by atoms with Gasteiger partial charge in [-0.05, 0) is 92.9 Å². The van der Waals surface area contributed by atoms with E-state index in [-0.39, 0.29) is 53.7 Å². The zero-order valence-corrected chi connectivity index (χ0v) is 31.4. The van der Waals surface area contributed by atoms with Gasteiger partial charge in [-0.2, -0.15) is 0 Å². The fraction of sp³-hybridized carbons (Fsp3) is 0.474. The van der Waals surface area contributed by atoms with Crippen LogP contribution >= 0.6 is 0 Å². The van der Waals surface area contributed by atoms with Gasteiger partial charge in [-0.1, -0.05) is 12.1 Å². The van der Waals surface area contributed by atoms with Crippen LogP contribution in [0.1, 0.15) is 88.0 Å². The standard InChI is InChI=1S/C38H48N2O13/c1-36(2,3)51-29(43)16-14-25(40-35(48)53-38(7,8)9)33(46)39-26(15-17-30(44)52-37(4,5)6)34(47)50-23-12-10-21(11-13-23)24-20-49-28-19-22(41)18-27(42)31(28)32(24)45/h10-13,18-20,25-26,41-42H,14-17H2,1-9H3,(H,39,46)(H,40,48)/t25-,26-/m1/s1. The average Bonchev–Trinajstić information content (AvgIpc) is 2.98. The van der Waals surface area contributed by atoms with Gasteiger partial charge in [-0.3, -0.25) is 19.2 Å². The van der Waals surface area contributed by atoms with Gasteiger partial charge in [0, 0.05) is 25.0 Å². The number of alkyl carbamates (subject to hydrolysis) is 1. The third-order valence-corrected chi connectivity index (χ3v) is 6.95. The number of nitrogens with one attached hydrogen (secondary N) is 2. The summed E-state index contributed by atoms with van der Waals surface area (Å²) in [6.45, 7) is 15.0. The van der Waals surface area contributed by atoms with Crippen molar-refractivity contribution in [3.8, 4) is 28.4 Å². The highest BCUT2D eigenvalue weighted by atomic mass is 16.6. The summed E-state index contributed by atoms with van der Waals surface area (Å²) in [6, 6.07) is 5.12. The summed E-state index contributed by atoms with van der Waals surface area (Å²) in [6.07, 6.45) is -0.791. The summed E-state index contributed by atoms with van der Waals surface area (Å²) in [4.78, 5) is 78.0. The van der Waals surface area contributed by atoms with E-state index in [0.717, 1.165) is 12.3 Å². The van der Waals surface area contributed by atoms with Gasteiger partial charge in [0.1, 0.15) is 63.4 Å². The molecule has 0 aliphatic carbocycles. The Labute approximate surface area is 306 Å². The van der Waals surface area contributed by atoms with Crippen LogP contribution in [0.2, 0.25) is 0 Å². The summed E-state index contributed by atoms with van der Waals surface area (Å²) in [7, 11) is 0. The Balaban J connectivity index is 1.85. The van der Waals surface area contributed by atoms with Gasteiger partial charge in [-0.25, -0.2) is 9.59 Å². The van der Waals surface area contributed by atoms with Crippen LogP contribution < -0.4 is 20.8 Å². The van der Waals surface area contributed by atoms with Gasteiger partial charge in [0.15, 0.2) is 0 Å². The molecule has 2 aromatic carbocycles. The van der Waals surface area contributed by atoms with Crippen LogP contribution in [0, 0.1) is 0 Å². The van der Waals surface area contributed by atoms with E-state index < -0.39 is 70.0 Å². The molecular weight excluding hydrogens is 692 g/mol. The van der Waals surface area contributed by atoms with Crippen LogP contribution in [0.25, 0.3) is 22.1 Å². The average molecular weight is 741 g/mol. The number of benzene rings is 2. The second kappa shape index (κ2) is 16.8. The summed E-state index contributed by atoms with van der Waals surface area (Å²) < 4.78 is 27.0. The minimum atomic E-state index is -1.42. The van der Waals surface area contributed by atoms with Crippen molar-refractivity contribution in [2.45, 2.75) is 117 Å². The number of amides is 2. The first-order valence-electron chi connectivity index (χ1n) is 16.9. The fourth-order valence-electron chi connectivity index (χ4n) is 4.86. The molecule has 2 atom stereocenters. The van der Waals surface area contributed by atoms with Crippen LogP contribution in [-0.2, 0) is 33.4 Å². The molecular formula is C38H48N2O13. The van der Waals surface area contributed by atoms with Crippen molar-refractivity contribution in [1.29, 1.82) is 0 Å². The minimum Gasteiger partial charge on any atom is -0.508 e. The summed E-state index contributed by atoms with van der Waals surface area (Å²) in [5.74, 6) is -3.82. The Morgan fingerprint density at radius 3 is 1.79 bits per heavy atom. The SMILES string of the molecule is CC(C)(C)OC(=O)CC[C@@H](NC(=O)OC(C)(C)C)C(=O)N[C@H](CCC(=O)OC(C)(C)C)C(=O)Oc1ccc(-c2coc3cc(O)cc(O)c3c2=O)cc1. The topological polar surface area (TPSA) is 217 Å². The van der Waals surface area contributed by atoms with Gasteiger partial charge < -0.3 is 44.2 Å². The number of hydrogen-bond donors (Lipinski definition) is 4. The van der Waals surface area contributed by atoms with Crippen molar-refractivity contribution in [3.05, 3.63) is 52.9 Å². The van der Waals surface area contributed by atoms with Gasteiger partial charge >= 0.3 is 24.0 Å². The molecule has 53 heavy (non-hydrogen) atoms. The number of rotatable bonds is 12. The first-order chi connectivity index (χ1) is 24.4. The van der Waals surface area contributed by atoms with Gasteiger partial charge in [-0.15, -0.1) is 0 Å². The highest BCUT2D eigenvalue weighted by Crippen LogP contribution is 2.30. The molecule has 288 valence electrons. The highest BCUT2D eigenvalue weighted by Gasteiger charge is 2.31. The number of aromatic hydroxyl groups is 2. The number of phenolic OH excluding ortho intramolecular Hbond substituents is 2. The van der Waals surface area contributed by atoms with Crippen LogP contribution in [0.5, 0.6) is 17.2 Å². The maximum Gasteiger partial charge on any atom is 0.408 e. The number of carbonyl (C=O) groups excluding carboxylic acids is 5. The Morgan fingerprint density at radius 2 is 1.26 bits per heavy atom. The Morgan fingerprint density at radius 1 is 0.736 bits per heavy atom. The zero-order valence-electron chi connectivity index (χ0n) is 31.4. The lowest BCUT2D eigenvalue weighted by Crippen LogP contribution is -2.53. The van der Waals surface area contributed by atoms with E-state index in [2.05, 4.69) is 10.6 Å². The summed E-state index contributed by atoms with van der Waals surface area (Å²) in [5.41, 5.74) is -2.68. The van der Waals surface area contributed by atoms with E-state index in [1.54, 1.807) is 62.3 Å². The molecule has 4 N–H and O–H groups in total. The zero-order chi connectivity index (χ0) is 39.9. The third-order valence-electron chi connectivity index (χ3n) is 6.95. The lowest BCUT2D eigenvalue weighted by Gasteiger charge is -2.25. The van der Waals surface area contributed by atoms with Gasteiger partial charge in [0.2, 0.25) is 11.3 Å². The quantitative estimate of drug-likeness (QED) is 0.104.